The van der Waals surface area contributed by atoms with Crippen LogP contribution in [0.4, 0.5) is 5.69 Å². The zero-order valence-corrected chi connectivity index (χ0v) is 14.8. The van der Waals surface area contributed by atoms with E-state index in [-0.39, 0.29) is 0 Å². The minimum atomic E-state index is 0.369. The molecule has 3 aromatic rings. The van der Waals surface area contributed by atoms with Crippen molar-refractivity contribution < 1.29 is 0 Å². The summed E-state index contributed by atoms with van der Waals surface area (Å²) < 4.78 is 0. The second-order valence-electron chi connectivity index (χ2n) is 6.86. The van der Waals surface area contributed by atoms with E-state index in [1.807, 2.05) is 12.1 Å². The zero-order chi connectivity index (χ0) is 17.8. The first kappa shape index (κ1) is 16.4. The van der Waals surface area contributed by atoms with Crippen LogP contribution in [0.2, 0.25) is 0 Å². The molecular weight excluding hydrogens is 314 g/mol. The third-order valence-corrected chi connectivity index (χ3v) is 4.97. The first-order valence-electron chi connectivity index (χ1n) is 9.17. The molecule has 4 rings (SSSR count). The van der Waals surface area contributed by atoms with Crippen LogP contribution < -0.4 is 5.73 Å². The van der Waals surface area contributed by atoms with Gasteiger partial charge in [-0.15, -0.1) is 0 Å². The highest BCUT2D eigenvalue weighted by Gasteiger charge is 2.12. The molecule has 1 nitrogen and oxygen atoms in total. The molecule has 1 atom stereocenters. The molecule has 0 saturated carbocycles. The van der Waals surface area contributed by atoms with Crippen LogP contribution in [0.25, 0.3) is 5.57 Å². The van der Waals surface area contributed by atoms with Gasteiger partial charge in [0.25, 0.3) is 0 Å². The molecule has 0 saturated heterocycles. The molecule has 128 valence electrons. The quantitative estimate of drug-likeness (QED) is 0.586. The number of hydrogen-bond donors (Lipinski definition) is 1. The fourth-order valence-corrected chi connectivity index (χ4v) is 3.49. The van der Waals surface area contributed by atoms with E-state index in [9.17, 15) is 0 Å². The van der Waals surface area contributed by atoms with Crippen molar-refractivity contribution >= 4 is 11.3 Å². The molecule has 26 heavy (non-hydrogen) atoms. The van der Waals surface area contributed by atoms with Crippen molar-refractivity contribution in [3.05, 3.63) is 119 Å². The van der Waals surface area contributed by atoms with Crippen LogP contribution >= 0.6 is 0 Å². The van der Waals surface area contributed by atoms with Crippen LogP contribution in [-0.4, -0.2) is 0 Å². The number of allylic oxidation sites excluding steroid dienone is 4. The monoisotopic (exact) mass is 337 g/mol. The third kappa shape index (κ3) is 3.78. The van der Waals surface area contributed by atoms with Crippen molar-refractivity contribution in [2.75, 3.05) is 5.73 Å². The van der Waals surface area contributed by atoms with Gasteiger partial charge in [-0.2, -0.15) is 0 Å². The Morgan fingerprint density at radius 1 is 0.731 bits per heavy atom. The Morgan fingerprint density at radius 2 is 1.50 bits per heavy atom. The Bertz CT molecular complexity index is 933. The standard InChI is InChI=1S/C25H23N/c26-25-8-4-5-20(17-25)10-9-19-11-13-22(14-12-19)24-16-15-23(18-24)21-6-2-1-3-7-21/h1-8,11-18,24H,9-10,26H2. The van der Waals surface area contributed by atoms with Crippen LogP contribution in [0.1, 0.15) is 28.2 Å². The van der Waals surface area contributed by atoms with E-state index in [0.29, 0.717) is 5.92 Å². The highest BCUT2D eigenvalue weighted by atomic mass is 14.5. The molecule has 0 aliphatic heterocycles. The fraction of sp³-hybridized carbons (Fsp3) is 0.120. The smallest absolute Gasteiger partial charge is 0.0316 e. The highest BCUT2D eigenvalue weighted by molar-refractivity contribution is 5.78. The minimum Gasteiger partial charge on any atom is -0.399 e. The number of aryl methyl sites for hydroxylation is 2. The molecule has 0 heterocycles. The molecule has 1 heteroatoms. The van der Waals surface area contributed by atoms with Gasteiger partial charge in [0, 0.05) is 11.6 Å². The van der Waals surface area contributed by atoms with E-state index in [4.69, 9.17) is 5.73 Å². The summed E-state index contributed by atoms with van der Waals surface area (Å²) in [6, 6.07) is 27.8. The van der Waals surface area contributed by atoms with Gasteiger partial charge in [0.1, 0.15) is 0 Å². The summed E-state index contributed by atoms with van der Waals surface area (Å²) >= 11 is 0. The Hall–Kier alpha value is -3.06. The van der Waals surface area contributed by atoms with E-state index < -0.39 is 0 Å². The Balaban J connectivity index is 1.42. The second-order valence-corrected chi connectivity index (χ2v) is 6.86. The van der Waals surface area contributed by atoms with Gasteiger partial charge in [-0.05, 0) is 52.8 Å². The molecule has 0 fully saturated rings. The molecule has 0 aromatic heterocycles. The second kappa shape index (κ2) is 7.45. The van der Waals surface area contributed by atoms with Gasteiger partial charge in [-0.25, -0.2) is 0 Å². The fourth-order valence-electron chi connectivity index (χ4n) is 3.49. The summed E-state index contributed by atoms with van der Waals surface area (Å²) in [6.45, 7) is 0. The lowest BCUT2D eigenvalue weighted by Gasteiger charge is -2.08. The number of hydrogen-bond acceptors (Lipinski definition) is 1. The molecule has 0 bridgehead atoms. The van der Waals surface area contributed by atoms with Crippen LogP contribution in [0.15, 0.2) is 97.1 Å². The molecule has 2 N–H and O–H groups in total. The zero-order valence-electron chi connectivity index (χ0n) is 14.8. The number of nitrogens with two attached hydrogens (primary N) is 1. The number of benzene rings is 3. The number of nitrogen functional groups attached to an aromatic ring is 1. The van der Waals surface area contributed by atoms with Gasteiger partial charge in [-0.1, -0.05) is 85.0 Å². The topological polar surface area (TPSA) is 26.0 Å². The Kier molecular flexibility index (Phi) is 4.70. The van der Waals surface area contributed by atoms with Crippen molar-refractivity contribution in [3.8, 4) is 0 Å². The van der Waals surface area contributed by atoms with Gasteiger partial charge in [0.05, 0.1) is 0 Å². The maximum atomic E-state index is 5.86. The first-order chi connectivity index (χ1) is 12.8. The summed E-state index contributed by atoms with van der Waals surface area (Å²) in [5.41, 5.74) is 13.3. The number of rotatable bonds is 5. The maximum Gasteiger partial charge on any atom is 0.0316 e. The predicted octanol–water partition coefficient (Wildman–Crippen LogP) is 5.79. The van der Waals surface area contributed by atoms with Crippen LogP contribution in [0, 0.1) is 0 Å². The SMILES string of the molecule is Nc1cccc(CCc2ccc(C3C=CC(c4ccccc4)=C3)cc2)c1. The van der Waals surface area contributed by atoms with Crippen molar-refractivity contribution in [2.45, 2.75) is 18.8 Å². The average Bonchev–Trinajstić information content (AvgIpc) is 3.18. The summed E-state index contributed by atoms with van der Waals surface area (Å²) in [7, 11) is 0. The molecule has 1 aliphatic rings. The highest BCUT2D eigenvalue weighted by Crippen LogP contribution is 2.31. The lowest BCUT2D eigenvalue weighted by Crippen LogP contribution is -1.94. The first-order valence-corrected chi connectivity index (χ1v) is 9.17. The van der Waals surface area contributed by atoms with Crippen molar-refractivity contribution in [1.29, 1.82) is 0 Å². The number of anilines is 1. The summed E-state index contributed by atoms with van der Waals surface area (Å²) in [4.78, 5) is 0. The molecule has 0 radical (unpaired) electrons. The summed E-state index contributed by atoms with van der Waals surface area (Å²) in [5, 5.41) is 0. The minimum absolute atomic E-state index is 0.369. The van der Waals surface area contributed by atoms with E-state index in [1.54, 1.807) is 0 Å². The summed E-state index contributed by atoms with van der Waals surface area (Å²) in [6.07, 6.45) is 8.91. The largest absolute Gasteiger partial charge is 0.399 e. The van der Waals surface area contributed by atoms with Gasteiger partial charge in [0.15, 0.2) is 0 Å². The lowest BCUT2D eigenvalue weighted by molar-refractivity contribution is 0.956. The third-order valence-electron chi connectivity index (χ3n) is 4.97. The van der Waals surface area contributed by atoms with E-state index in [2.05, 4.69) is 85.0 Å². The average molecular weight is 337 g/mol. The Labute approximate surface area is 155 Å². The Morgan fingerprint density at radius 3 is 2.27 bits per heavy atom. The molecule has 0 amide bonds. The van der Waals surface area contributed by atoms with Crippen LogP contribution in [0.3, 0.4) is 0 Å². The lowest BCUT2D eigenvalue weighted by atomic mass is 9.97. The van der Waals surface area contributed by atoms with E-state index in [0.717, 1.165) is 18.5 Å². The molecule has 1 aliphatic carbocycles. The van der Waals surface area contributed by atoms with Crippen molar-refractivity contribution in [2.24, 2.45) is 0 Å². The molecular formula is C25H23N. The summed E-state index contributed by atoms with van der Waals surface area (Å²) in [5.74, 6) is 0.369. The van der Waals surface area contributed by atoms with Gasteiger partial charge in [-0.3, -0.25) is 0 Å². The van der Waals surface area contributed by atoms with Gasteiger partial charge >= 0.3 is 0 Å². The molecule has 3 aromatic carbocycles. The van der Waals surface area contributed by atoms with E-state index >= 15 is 0 Å². The van der Waals surface area contributed by atoms with Crippen molar-refractivity contribution in [3.63, 3.8) is 0 Å². The van der Waals surface area contributed by atoms with Gasteiger partial charge < -0.3 is 5.73 Å². The van der Waals surface area contributed by atoms with Crippen LogP contribution in [0.5, 0.6) is 0 Å². The normalized spacial score (nSPS) is 15.8. The molecule has 0 spiro atoms. The van der Waals surface area contributed by atoms with Crippen LogP contribution in [-0.2, 0) is 12.8 Å². The molecule has 1 unspecified atom stereocenters. The van der Waals surface area contributed by atoms with Gasteiger partial charge in [0.2, 0.25) is 0 Å². The van der Waals surface area contributed by atoms with Crippen molar-refractivity contribution in [1.82, 2.24) is 0 Å². The predicted molar refractivity (Wildman–Crippen MR) is 111 cm³/mol. The van der Waals surface area contributed by atoms with E-state index in [1.165, 1.54) is 27.8 Å². The maximum absolute atomic E-state index is 5.86.